The smallest absolute Gasteiger partial charge is 0.326 e. The van der Waals surface area contributed by atoms with E-state index in [-0.39, 0.29) is 12.3 Å². The van der Waals surface area contributed by atoms with E-state index >= 15 is 0 Å². The lowest BCUT2D eigenvalue weighted by Crippen LogP contribution is -2.59. The molecule has 5 unspecified atom stereocenters. The van der Waals surface area contributed by atoms with Crippen LogP contribution in [0.15, 0.2) is 30.3 Å². The molecule has 8 N–H and O–H groups in total. The largest absolute Gasteiger partial charge is 0.480 e. The number of carbonyl (C=O) groups excluding carboxylic acids is 3. The van der Waals surface area contributed by atoms with Crippen LogP contribution < -0.4 is 21.7 Å². The van der Waals surface area contributed by atoms with Crippen LogP contribution in [-0.2, 0) is 25.6 Å². The molecule has 0 aliphatic rings. The lowest BCUT2D eigenvalue weighted by Gasteiger charge is -2.25. The summed E-state index contributed by atoms with van der Waals surface area (Å²) < 4.78 is 0. The van der Waals surface area contributed by atoms with Gasteiger partial charge in [0.15, 0.2) is 0 Å². The first-order chi connectivity index (χ1) is 15.1. The van der Waals surface area contributed by atoms with Crippen LogP contribution in [0.4, 0.5) is 0 Å². The van der Waals surface area contributed by atoms with Gasteiger partial charge in [0.05, 0.1) is 19.3 Å². The van der Waals surface area contributed by atoms with E-state index in [1.807, 2.05) is 6.07 Å². The van der Waals surface area contributed by atoms with Gasteiger partial charge in [-0.25, -0.2) is 4.79 Å². The maximum absolute atomic E-state index is 12.4. The molecule has 0 fully saturated rings. The van der Waals surface area contributed by atoms with Crippen molar-refractivity contribution in [1.29, 1.82) is 0 Å². The molecule has 0 aliphatic heterocycles. The van der Waals surface area contributed by atoms with Crippen molar-refractivity contribution in [1.82, 2.24) is 16.0 Å². The Hall–Kier alpha value is -3.02. The molecule has 0 radical (unpaired) electrons. The zero-order valence-electron chi connectivity index (χ0n) is 18.2. The molecule has 0 saturated carbocycles. The Morgan fingerprint density at radius 3 is 1.88 bits per heavy atom. The summed E-state index contributed by atoms with van der Waals surface area (Å²) in [5.41, 5.74) is 6.68. The first-order valence-corrected chi connectivity index (χ1v) is 10.3. The fraction of sp³-hybridized carbons (Fsp3) is 0.524. The molecule has 3 amide bonds. The highest BCUT2D eigenvalue weighted by molar-refractivity contribution is 5.94. The number of amides is 3. The number of hydrogen-bond donors (Lipinski definition) is 7. The maximum Gasteiger partial charge on any atom is 0.326 e. The minimum Gasteiger partial charge on any atom is -0.480 e. The van der Waals surface area contributed by atoms with Crippen molar-refractivity contribution in [2.24, 2.45) is 11.7 Å². The molecule has 0 aliphatic carbocycles. The second kappa shape index (κ2) is 13.4. The molecule has 1 aromatic carbocycles. The van der Waals surface area contributed by atoms with Crippen molar-refractivity contribution >= 4 is 23.7 Å². The summed E-state index contributed by atoms with van der Waals surface area (Å²) in [7, 11) is 0. The van der Waals surface area contributed by atoms with Gasteiger partial charge in [-0.2, -0.15) is 0 Å². The van der Waals surface area contributed by atoms with Gasteiger partial charge >= 0.3 is 5.97 Å². The van der Waals surface area contributed by atoms with Gasteiger partial charge in [-0.05, 0) is 17.9 Å². The minimum absolute atomic E-state index is 0.209. The third-order valence-corrected chi connectivity index (χ3v) is 5.04. The second-order valence-electron chi connectivity index (χ2n) is 7.49. The fourth-order valence-corrected chi connectivity index (χ4v) is 2.84. The summed E-state index contributed by atoms with van der Waals surface area (Å²) in [6.07, 6.45) is 0.690. The van der Waals surface area contributed by atoms with E-state index < -0.39 is 61.1 Å². The van der Waals surface area contributed by atoms with Gasteiger partial charge in [0.1, 0.15) is 18.1 Å². The number of aliphatic hydroxyl groups is 2. The van der Waals surface area contributed by atoms with Crippen molar-refractivity contribution in [3.8, 4) is 0 Å². The Balaban J connectivity index is 2.73. The van der Waals surface area contributed by atoms with E-state index in [0.717, 1.165) is 5.56 Å². The summed E-state index contributed by atoms with van der Waals surface area (Å²) >= 11 is 0. The van der Waals surface area contributed by atoms with Gasteiger partial charge < -0.3 is 37.0 Å². The Kier molecular flexibility index (Phi) is 11.3. The third-order valence-electron chi connectivity index (χ3n) is 5.04. The average Bonchev–Trinajstić information content (AvgIpc) is 2.78. The Labute approximate surface area is 186 Å². The van der Waals surface area contributed by atoms with Crippen LogP contribution in [0, 0.1) is 5.92 Å². The van der Waals surface area contributed by atoms with E-state index in [2.05, 4.69) is 16.0 Å². The molecule has 0 bridgehead atoms. The van der Waals surface area contributed by atoms with E-state index in [9.17, 15) is 34.5 Å². The molecule has 178 valence electrons. The zero-order chi connectivity index (χ0) is 24.3. The van der Waals surface area contributed by atoms with E-state index in [0.29, 0.717) is 6.42 Å². The van der Waals surface area contributed by atoms with Crippen molar-refractivity contribution in [2.45, 2.75) is 50.9 Å². The molecule has 0 saturated heterocycles. The fourth-order valence-electron chi connectivity index (χ4n) is 2.84. The molecular weight excluding hydrogens is 420 g/mol. The van der Waals surface area contributed by atoms with Gasteiger partial charge in [-0.3, -0.25) is 14.4 Å². The molecular formula is C21H32N4O7. The molecule has 11 heteroatoms. The number of hydrogen-bond acceptors (Lipinski definition) is 7. The highest BCUT2D eigenvalue weighted by Crippen LogP contribution is 2.08. The monoisotopic (exact) mass is 452 g/mol. The maximum atomic E-state index is 12.4. The number of carboxylic acid groups (broad SMARTS) is 1. The van der Waals surface area contributed by atoms with E-state index in [1.54, 1.807) is 38.1 Å². The van der Waals surface area contributed by atoms with Gasteiger partial charge in [-0.1, -0.05) is 50.6 Å². The molecule has 32 heavy (non-hydrogen) atoms. The van der Waals surface area contributed by atoms with Crippen molar-refractivity contribution in [2.75, 3.05) is 13.2 Å². The van der Waals surface area contributed by atoms with Gasteiger partial charge in [-0.15, -0.1) is 0 Å². The SMILES string of the molecule is CCC(C)C(NC(=O)C(CO)NC(=O)C(CO)NC(=O)C(N)Cc1ccccc1)C(=O)O. The van der Waals surface area contributed by atoms with Crippen LogP contribution in [0.5, 0.6) is 0 Å². The van der Waals surface area contributed by atoms with Gasteiger partial charge in [0.25, 0.3) is 0 Å². The number of aliphatic hydroxyl groups excluding tert-OH is 2. The number of benzene rings is 1. The molecule has 0 spiro atoms. The number of carboxylic acids is 1. The first kappa shape index (κ1) is 27.0. The van der Waals surface area contributed by atoms with Crippen molar-refractivity contribution in [3.05, 3.63) is 35.9 Å². The number of aliphatic carboxylic acids is 1. The minimum atomic E-state index is -1.47. The standard InChI is InChI=1S/C21H32N4O7/c1-3-12(2)17(21(31)32)25-20(30)16(11-27)24-19(29)15(10-26)23-18(28)14(22)9-13-7-5-4-6-8-13/h4-8,12,14-17,26-27H,3,9-11,22H2,1-2H3,(H,23,28)(H,24,29)(H,25,30)(H,31,32). The highest BCUT2D eigenvalue weighted by Gasteiger charge is 2.31. The summed E-state index contributed by atoms with van der Waals surface area (Å²) in [5.74, 6) is -4.16. The summed E-state index contributed by atoms with van der Waals surface area (Å²) in [6.45, 7) is 1.81. The second-order valence-corrected chi connectivity index (χ2v) is 7.49. The van der Waals surface area contributed by atoms with Crippen LogP contribution in [-0.4, -0.2) is 76.4 Å². The van der Waals surface area contributed by atoms with Crippen molar-refractivity contribution < 1.29 is 34.5 Å². The van der Waals surface area contributed by atoms with E-state index in [4.69, 9.17) is 5.73 Å². The summed E-state index contributed by atoms with van der Waals surface area (Å²) in [6, 6.07) is 3.89. The third kappa shape index (κ3) is 8.25. The molecule has 1 rings (SSSR count). The van der Waals surface area contributed by atoms with Crippen LogP contribution in [0.1, 0.15) is 25.8 Å². The Bertz CT molecular complexity index is 775. The molecule has 5 atom stereocenters. The quantitative estimate of drug-likeness (QED) is 0.181. The van der Waals surface area contributed by atoms with Crippen LogP contribution in [0.2, 0.25) is 0 Å². The first-order valence-electron chi connectivity index (χ1n) is 10.3. The summed E-state index contributed by atoms with van der Waals surface area (Å²) in [5, 5.41) is 35.1. The zero-order valence-corrected chi connectivity index (χ0v) is 18.2. The Morgan fingerprint density at radius 1 is 0.906 bits per heavy atom. The Morgan fingerprint density at radius 2 is 1.41 bits per heavy atom. The van der Waals surface area contributed by atoms with Crippen LogP contribution >= 0.6 is 0 Å². The molecule has 0 heterocycles. The van der Waals surface area contributed by atoms with Crippen LogP contribution in [0.3, 0.4) is 0 Å². The lowest BCUT2D eigenvalue weighted by molar-refractivity contribution is -0.144. The number of nitrogens with two attached hydrogens (primary N) is 1. The number of rotatable bonds is 13. The van der Waals surface area contributed by atoms with Gasteiger partial charge in [0.2, 0.25) is 17.7 Å². The molecule has 1 aromatic rings. The molecule has 0 aromatic heterocycles. The van der Waals surface area contributed by atoms with Gasteiger partial charge in [0, 0.05) is 0 Å². The highest BCUT2D eigenvalue weighted by atomic mass is 16.4. The predicted molar refractivity (Wildman–Crippen MR) is 115 cm³/mol. The average molecular weight is 453 g/mol. The van der Waals surface area contributed by atoms with Crippen LogP contribution in [0.25, 0.3) is 0 Å². The van der Waals surface area contributed by atoms with E-state index in [1.165, 1.54) is 0 Å². The normalized spacial score (nSPS) is 15.5. The predicted octanol–water partition coefficient (Wildman–Crippen LogP) is -1.87. The molecule has 11 nitrogen and oxygen atoms in total. The number of carbonyl (C=O) groups is 4. The van der Waals surface area contributed by atoms with Crippen molar-refractivity contribution in [3.63, 3.8) is 0 Å². The number of nitrogens with one attached hydrogen (secondary N) is 3. The lowest BCUT2D eigenvalue weighted by atomic mass is 9.99. The topological polar surface area (TPSA) is 191 Å². The summed E-state index contributed by atoms with van der Waals surface area (Å²) in [4.78, 5) is 48.5.